The molecule has 1 aliphatic rings. The summed E-state index contributed by atoms with van der Waals surface area (Å²) in [5.74, 6) is 0.171. The first kappa shape index (κ1) is 43.6. The van der Waals surface area contributed by atoms with Gasteiger partial charge in [-0.15, -0.1) is 4.41 Å². The fourth-order valence-corrected chi connectivity index (χ4v) is 5.27. The summed E-state index contributed by atoms with van der Waals surface area (Å²) < 4.78 is 24.3. The van der Waals surface area contributed by atoms with Crippen LogP contribution in [0.25, 0.3) is 0 Å². The maximum Gasteiger partial charge on any atom is 0.113 e. The molecule has 4 unspecified atom stereocenters. The average molecular weight is 672 g/mol. The van der Waals surface area contributed by atoms with Crippen LogP contribution < -0.4 is 20.8 Å². The SMILES string of the molecule is CC.CCCCCCCCNCC(O)C1C=CC(NN(C)SO)=CCC1.CCCCCNCC(O)c1ccc(NS(C)=O)cc1. The van der Waals surface area contributed by atoms with E-state index in [1.165, 1.54) is 55.8 Å². The zero-order valence-electron chi connectivity index (χ0n) is 28.9. The van der Waals surface area contributed by atoms with Gasteiger partial charge < -0.3 is 35.5 Å². The highest BCUT2D eigenvalue weighted by molar-refractivity contribution is 7.91. The van der Waals surface area contributed by atoms with Gasteiger partial charge >= 0.3 is 0 Å². The largest absolute Gasteiger partial charge is 0.391 e. The van der Waals surface area contributed by atoms with Gasteiger partial charge in [-0.25, -0.2) is 4.21 Å². The van der Waals surface area contributed by atoms with E-state index in [0.29, 0.717) is 25.3 Å². The molecule has 1 aromatic carbocycles. The number of allylic oxidation sites excluding steroid dienone is 2. The van der Waals surface area contributed by atoms with Gasteiger partial charge in [0.1, 0.15) is 11.0 Å². The Labute approximate surface area is 282 Å². The normalized spacial score (nSPS) is 16.3. The second-order valence-corrected chi connectivity index (χ2v) is 12.9. The van der Waals surface area contributed by atoms with Gasteiger partial charge in [0.25, 0.3) is 0 Å². The highest BCUT2D eigenvalue weighted by Crippen LogP contribution is 2.19. The Morgan fingerprint density at radius 1 is 0.933 bits per heavy atom. The lowest BCUT2D eigenvalue weighted by Gasteiger charge is -2.19. The van der Waals surface area contributed by atoms with Gasteiger partial charge in [-0.05, 0) is 62.5 Å². The van der Waals surface area contributed by atoms with Crippen LogP contribution in [0.4, 0.5) is 5.69 Å². The molecule has 262 valence electrons. The quantitative estimate of drug-likeness (QED) is 0.0304. The van der Waals surface area contributed by atoms with Crippen molar-refractivity contribution in [3.8, 4) is 0 Å². The Bertz CT molecular complexity index is 905. The number of rotatable bonds is 22. The maximum atomic E-state index is 11.0. The van der Waals surface area contributed by atoms with Crippen LogP contribution in [0.15, 0.2) is 48.2 Å². The highest BCUT2D eigenvalue weighted by Gasteiger charge is 2.17. The molecule has 0 amide bonds. The maximum absolute atomic E-state index is 11.0. The summed E-state index contributed by atoms with van der Waals surface area (Å²) >= 11 is 0.642. The van der Waals surface area contributed by atoms with Gasteiger partial charge in [-0.3, -0.25) is 0 Å². The smallest absolute Gasteiger partial charge is 0.113 e. The first-order valence-corrected chi connectivity index (χ1v) is 19.3. The van der Waals surface area contributed by atoms with E-state index < -0.39 is 17.1 Å². The lowest BCUT2D eigenvalue weighted by atomic mass is 9.97. The van der Waals surface area contributed by atoms with Crippen molar-refractivity contribution in [2.24, 2.45) is 5.92 Å². The van der Waals surface area contributed by atoms with E-state index in [4.69, 9.17) is 4.55 Å². The van der Waals surface area contributed by atoms with Crippen molar-refractivity contribution >= 4 is 28.9 Å². The Morgan fingerprint density at radius 2 is 1.51 bits per heavy atom. The van der Waals surface area contributed by atoms with Gasteiger partial charge in [-0.2, -0.15) is 0 Å². The molecule has 0 heterocycles. The number of hydrogen-bond donors (Lipinski definition) is 7. The van der Waals surface area contributed by atoms with Crippen LogP contribution >= 0.6 is 12.2 Å². The topological polar surface area (TPSA) is 129 Å². The van der Waals surface area contributed by atoms with E-state index in [-0.39, 0.29) is 12.0 Å². The second kappa shape index (κ2) is 29.9. The molecule has 9 nitrogen and oxygen atoms in total. The molecule has 0 saturated heterocycles. The first-order valence-electron chi connectivity index (χ1n) is 17.0. The van der Waals surface area contributed by atoms with Gasteiger partial charge in [0.15, 0.2) is 0 Å². The van der Waals surface area contributed by atoms with Crippen molar-refractivity contribution in [3.05, 3.63) is 53.8 Å². The summed E-state index contributed by atoms with van der Waals surface area (Å²) in [4.78, 5) is 0. The monoisotopic (exact) mass is 671 g/mol. The van der Waals surface area contributed by atoms with Crippen molar-refractivity contribution in [2.75, 3.05) is 44.2 Å². The van der Waals surface area contributed by atoms with Crippen LogP contribution in [0.3, 0.4) is 0 Å². The van der Waals surface area contributed by atoms with E-state index in [1.54, 1.807) is 13.3 Å². The highest BCUT2D eigenvalue weighted by atomic mass is 32.2. The lowest BCUT2D eigenvalue weighted by Crippen LogP contribution is -2.32. The van der Waals surface area contributed by atoms with Crippen LogP contribution in [0.2, 0.25) is 0 Å². The Hall–Kier alpha value is -1.44. The molecule has 45 heavy (non-hydrogen) atoms. The van der Waals surface area contributed by atoms with Crippen molar-refractivity contribution in [1.82, 2.24) is 20.5 Å². The number of nitrogens with zero attached hydrogens (tertiary/aromatic N) is 1. The van der Waals surface area contributed by atoms with Crippen LogP contribution in [0.1, 0.15) is 110 Å². The van der Waals surface area contributed by atoms with Crippen molar-refractivity contribution in [2.45, 2.75) is 111 Å². The molecule has 1 aliphatic carbocycles. The number of anilines is 1. The van der Waals surface area contributed by atoms with Crippen molar-refractivity contribution < 1.29 is 19.0 Å². The van der Waals surface area contributed by atoms with Crippen LogP contribution in [0.5, 0.6) is 0 Å². The van der Waals surface area contributed by atoms with E-state index in [1.807, 2.05) is 44.2 Å². The number of benzene rings is 1. The van der Waals surface area contributed by atoms with E-state index in [2.05, 4.69) is 46.8 Å². The van der Waals surface area contributed by atoms with Crippen molar-refractivity contribution in [3.63, 3.8) is 0 Å². The predicted molar refractivity (Wildman–Crippen MR) is 196 cm³/mol. The summed E-state index contributed by atoms with van der Waals surface area (Å²) in [5.41, 5.74) is 5.69. The molecular weight excluding hydrogens is 607 g/mol. The van der Waals surface area contributed by atoms with Crippen LogP contribution in [-0.2, 0) is 11.0 Å². The fourth-order valence-electron chi connectivity index (χ4n) is 4.66. The molecule has 0 spiro atoms. The standard InChI is InChI=1S/C18H35N3O2S.C14H24N2O2S.C2H6/c1-3-4-5-6-7-8-14-19-15-18(22)16-10-9-11-17(13-12-16)20-21(2)24-23;1-3-4-5-10-15-11-14(17)12-6-8-13(9-7-12)16-19(2)18;1-2/h11-13,16,18-20,22-23H,3-10,14-15H2,1-2H3;6-9,14-17H,3-5,10-11H2,1-2H3;1-2H3. The number of unbranched alkanes of at least 4 members (excludes halogenated alkanes) is 7. The minimum atomic E-state index is -1.07. The molecule has 0 bridgehead atoms. The molecule has 0 fully saturated rings. The fraction of sp³-hybridized carbons (Fsp3) is 0.706. The third-order valence-electron chi connectivity index (χ3n) is 7.20. The molecule has 0 aromatic heterocycles. The van der Waals surface area contributed by atoms with Gasteiger partial charge in [0.05, 0.1) is 24.4 Å². The number of nitrogens with one attached hydrogen (secondary N) is 4. The summed E-state index contributed by atoms with van der Waals surface area (Å²) in [6.07, 6.45) is 20.1. The molecule has 4 atom stereocenters. The Kier molecular flexibility index (Phi) is 29.0. The molecule has 0 radical (unpaired) electrons. The van der Waals surface area contributed by atoms with Gasteiger partial charge in [-0.1, -0.05) is 96.9 Å². The van der Waals surface area contributed by atoms with E-state index in [0.717, 1.165) is 49.3 Å². The molecule has 0 saturated carbocycles. The molecular formula is C34H65N5O4S2. The van der Waals surface area contributed by atoms with Crippen molar-refractivity contribution in [1.29, 1.82) is 0 Å². The lowest BCUT2D eigenvalue weighted by molar-refractivity contribution is 0.124. The summed E-state index contributed by atoms with van der Waals surface area (Å²) in [6, 6.07) is 7.37. The number of hydrogen-bond acceptors (Lipinski definition) is 9. The minimum Gasteiger partial charge on any atom is -0.391 e. The zero-order chi connectivity index (χ0) is 33.7. The molecule has 11 heteroatoms. The third-order valence-corrected chi connectivity index (χ3v) is 8.06. The summed E-state index contributed by atoms with van der Waals surface area (Å²) in [6.45, 7) is 11.6. The van der Waals surface area contributed by atoms with Gasteiger partial charge in [0, 0.05) is 43.7 Å². The number of hydrazine groups is 1. The zero-order valence-corrected chi connectivity index (χ0v) is 30.5. The third kappa shape index (κ3) is 23.5. The minimum absolute atomic E-state index is 0.171. The molecule has 0 aliphatic heterocycles. The van der Waals surface area contributed by atoms with Crippen LogP contribution in [0, 0.1) is 5.92 Å². The number of aliphatic hydroxyl groups is 2. The predicted octanol–water partition coefficient (Wildman–Crippen LogP) is 6.94. The van der Waals surface area contributed by atoms with E-state index in [9.17, 15) is 14.4 Å². The Morgan fingerprint density at radius 3 is 2.13 bits per heavy atom. The summed E-state index contributed by atoms with van der Waals surface area (Å²) in [5, 5.41) is 27.0. The van der Waals surface area contributed by atoms with Crippen LogP contribution in [-0.4, -0.2) is 69.0 Å². The van der Waals surface area contributed by atoms with Gasteiger partial charge in [0.2, 0.25) is 0 Å². The molecule has 2 rings (SSSR count). The Balaban J connectivity index is 0.000000835. The first-order chi connectivity index (χ1) is 21.8. The number of aliphatic hydroxyl groups excluding tert-OH is 2. The average Bonchev–Trinajstić information content (AvgIpc) is 3.29. The molecule has 1 aromatic rings. The summed E-state index contributed by atoms with van der Waals surface area (Å²) in [7, 11) is 0.686. The molecule has 7 N–H and O–H groups in total. The second-order valence-electron chi connectivity index (χ2n) is 11.1. The van der Waals surface area contributed by atoms with E-state index >= 15 is 0 Å².